The molecule has 0 aliphatic carbocycles. The molecule has 0 radical (unpaired) electrons. The van der Waals surface area contributed by atoms with Crippen molar-refractivity contribution in [2.75, 3.05) is 6.54 Å². The van der Waals surface area contributed by atoms with E-state index in [9.17, 15) is 0 Å². The maximum absolute atomic E-state index is 5.67. The number of nitrogens with one attached hydrogen (secondary N) is 1. The number of aryl methyl sites for hydroxylation is 1. The van der Waals surface area contributed by atoms with Gasteiger partial charge >= 0.3 is 0 Å². The largest absolute Gasteiger partial charge is 0.475 e. The first-order chi connectivity index (χ1) is 7.67. The Morgan fingerprint density at radius 2 is 2.12 bits per heavy atom. The number of pyridine rings is 1. The van der Waals surface area contributed by atoms with E-state index in [-0.39, 0.29) is 6.10 Å². The molecule has 0 fully saturated rings. The Kier molecular flexibility index (Phi) is 5.26. The third kappa shape index (κ3) is 3.81. The zero-order chi connectivity index (χ0) is 12.0. The number of ether oxygens (including phenoxy) is 1. The first kappa shape index (κ1) is 13.0. The van der Waals surface area contributed by atoms with E-state index in [1.807, 2.05) is 13.0 Å². The fraction of sp³-hybridized carbons (Fsp3) is 0.615. The fourth-order valence-corrected chi connectivity index (χ4v) is 1.37. The van der Waals surface area contributed by atoms with E-state index < -0.39 is 0 Å². The molecule has 90 valence electrons. The number of nitrogens with zero attached hydrogens (tertiary/aromatic N) is 1. The summed E-state index contributed by atoms with van der Waals surface area (Å²) in [6, 6.07) is 4.04. The molecule has 1 aromatic rings. The van der Waals surface area contributed by atoms with Crippen molar-refractivity contribution in [1.82, 2.24) is 10.3 Å². The summed E-state index contributed by atoms with van der Waals surface area (Å²) in [5, 5.41) is 3.30. The summed E-state index contributed by atoms with van der Waals surface area (Å²) in [5.74, 6) is 0.729. The maximum Gasteiger partial charge on any atom is 0.213 e. The van der Waals surface area contributed by atoms with E-state index >= 15 is 0 Å². The molecule has 1 heterocycles. The minimum atomic E-state index is 0.228. The van der Waals surface area contributed by atoms with Gasteiger partial charge in [0.15, 0.2) is 0 Å². The fourth-order valence-electron chi connectivity index (χ4n) is 1.37. The van der Waals surface area contributed by atoms with Crippen LogP contribution in [0.15, 0.2) is 12.1 Å². The zero-order valence-electron chi connectivity index (χ0n) is 10.7. The summed E-state index contributed by atoms with van der Waals surface area (Å²) in [5.41, 5.74) is 2.28. The van der Waals surface area contributed by atoms with Gasteiger partial charge in [0.1, 0.15) is 0 Å². The van der Waals surface area contributed by atoms with Crippen molar-refractivity contribution in [1.29, 1.82) is 0 Å². The molecule has 0 aliphatic heterocycles. The molecule has 1 aromatic heterocycles. The summed E-state index contributed by atoms with van der Waals surface area (Å²) < 4.78 is 5.67. The van der Waals surface area contributed by atoms with Crippen LogP contribution in [0.2, 0.25) is 0 Å². The van der Waals surface area contributed by atoms with Gasteiger partial charge in [0.25, 0.3) is 0 Å². The van der Waals surface area contributed by atoms with Crippen LogP contribution in [0.3, 0.4) is 0 Å². The van der Waals surface area contributed by atoms with Gasteiger partial charge in [-0.3, -0.25) is 0 Å². The Hall–Kier alpha value is -1.09. The summed E-state index contributed by atoms with van der Waals surface area (Å²) in [4.78, 5) is 4.45. The van der Waals surface area contributed by atoms with Gasteiger partial charge in [0, 0.05) is 18.3 Å². The number of aromatic nitrogens is 1. The van der Waals surface area contributed by atoms with Crippen LogP contribution in [0, 0.1) is 6.92 Å². The molecule has 1 rings (SSSR count). The Labute approximate surface area is 98.2 Å². The molecule has 0 amide bonds. The molecular weight excluding hydrogens is 200 g/mol. The van der Waals surface area contributed by atoms with Crippen LogP contribution in [-0.2, 0) is 6.54 Å². The average Bonchev–Trinajstić information content (AvgIpc) is 2.28. The molecular formula is C13H22N2O. The van der Waals surface area contributed by atoms with Gasteiger partial charge in [0.05, 0.1) is 6.10 Å². The predicted molar refractivity (Wildman–Crippen MR) is 66.7 cm³/mol. The van der Waals surface area contributed by atoms with Crippen LogP contribution in [0.25, 0.3) is 0 Å². The highest BCUT2D eigenvalue weighted by Gasteiger charge is 2.05. The van der Waals surface area contributed by atoms with E-state index in [0.717, 1.165) is 31.1 Å². The normalized spacial score (nSPS) is 12.5. The lowest BCUT2D eigenvalue weighted by molar-refractivity contribution is 0.208. The highest BCUT2D eigenvalue weighted by Crippen LogP contribution is 2.14. The van der Waals surface area contributed by atoms with Crippen LogP contribution in [-0.4, -0.2) is 17.6 Å². The van der Waals surface area contributed by atoms with E-state index in [2.05, 4.69) is 37.1 Å². The van der Waals surface area contributed by atoms with Gasteiger partial charge in [-0.1, -0.05) is 19.9 Å². The number of hydrogen-bond donors (Lipinski definition) is 1. The second-order valence-corrected chi connectivity index (χ2v) is 4.01. The molecule has 0 saturated carbocycles. The van der Waals surface area contributed by atoms with Gasteiger partial charge in [0.2, 0.25) is 5.88 Å². The highest BCUT2D eigenvalue weighted by atomic mass is 16.5. The molecule has 3 nitrogen and oxygen atoms in total. The van der Waals surface area contributed by atoms with Crippen LogP contribution in [0.5, 0.6) is 5.88 Å². The van der Waals surface area contributed by atoms with Gasteiger partial charge in [-0.15, -0.1) is 0 Å². The summed E-state index contributed by atoms with van der Waals surface area (Å²) in [6.45, 7) is 10.1. The van der Waals surface area contributed by atoms with Gasteiger partial charge in [-0.25, -0.2) is 4.98 Å². The van der Waals surface area contributed by atoms with Crippen molar-refractivity contribution in [3.63, 3.8) is 0 Å². The standard InChI is InChI=1S/C13H22N2O/c1-5-10(3)16-13-8-7-12(9-14-6-2)11(4)15-13/h7-8,10,14H,5-6,9H2,1-4H3. The van der Waals surface area contributed by atoms with Crippen molar-refractivity contribution < 1.29 is 4.74 Å². The van der Waals surface area contributed by atoms with Crippen LogP contribution < -0.4 is 10.1 Å². The zero-order valence-corrected chi connectivity index (χ0v) is 10.7. The molecule has 1 atom stereocenters. The molecule has 0 aromatic carbocycles. The molecule has 0 saturated heterocycles. The van der Waals surface area contributed by atoms with Crippen molar-refractivity contribution in [2.24, 2.45) is 0 Å². The Balaban J connectivity index is 2.66. The van der Waals surface area contributed by atoms with Crippen LogP contribution >= 0.6 is 0 Å². The minimum absolute atomic E-state index is 0.228. The first-order valence-corrected chi connectivity index (χ1v) is 6.01. The topological polar surface area (TPSA) is 34.1 Å². The van der Waals surface area contributed by atoms with Crippen molar-refractivity contribution in [3.05, 3.63) is 23.4 Å². The number of rotatable bonds is 6. The van der Waals surface area contributed by atoms with Crippen LogP contribution in [0.4, 0.5) is 0 Å². The molecule has 0 aliphatic rings. The summed E-state index contributed by atoms with van der Waals surface area (Å²) >= 11 is 0. The third-order valence-electron chi connectivity index (χ3n) is 2.63. The highest BCUT2D eigenvalue weighted by molar-refractivity contribution is 5.24. The monoisotopic (exact) mass is 222 g/mol. The Morgan fingerprint density at radius 3 is 2.69 bits per heavy atom. The van der Waals surface area contributed by atoms with Crippen molar-refractivity contribution >= 4 is 0 Å². The van der Waals surface area contributed by atoms with Gasteiger partial charge in [-0.2, -0.15) is 0 Å². The third-order valence-corrected chi connectivity index (χ3v) is 2.63. The maximum atomic E-state index is 5.67. The van der Waals surface area contributed by atoms with Gasteiger partial charge < -0.3 is 10.1 Å². The van der Waals surface area contributed by atoms with E-state index in [4.69, 9.17) is 4.74 Å². The lowest BCUT2D eigenvalue weighted by atomic mass is 10.2. The van der Waals surface area contributed by atoms with Crippen molar-refractivity contribution in [2.45, 2.75) is 46.8 Å². The summed E-state index contributed by atoms with van der Waals surface area (Å²) in [7, 11) is 0. The Morgan fingerprint density at radius 1 is 1.38 bits per heavy atom. The second kappa shape index (κ2) is 6.48. The molecule has 0 spiro atoms. The minimum Gasteiger partial charge on any atom is -0.475 e. The molecule has 1 N–H and O–H groups in total. The predicted octanol–water partition coefficient (Wildman–Crippen LogP) is 2.68. The van der Waals surface area contributed by atoms with E-state index in [1.54, 1.807) is 0 Å². The van der Waals surface area contributed by atoms with E-state index in [1.165, 1.54) is 5.56 Å². The smallest absolute Gasteiger partial charge is 0.213 e. The van der Waals surface area contributed by atoms with Crippen LogP contribution in [0.1, 0.15) is 38.4 Å². The molecule has 16 heavy (non-hydrogen) atoms. The van der Waals surface area contributed by atoms with Crippen molar-refractivity contribution in [3.8, 4) is 5.88 Å². The molecule has 3 heteroatoms. The SMILES string of the molecule is CCNCc1ccc(OC(C)CC)nc1C. The second-order valence-electron chi connectivity index (χ2n) is 4.01. The van der Waals surface area contributed by atoms with E-state index in [0.29, 0.717) is 0 Å². The first-order valence-electron chi connectivity index (χ1n) is 6.01. The Bertz CT molecular complexity index is 326. The van der Waals surface area contributed by atoms with Gasteiger partial charge in [-0.05, 0) is 32.4 Å². The molecule has 1 unspecified atom stereocenters. The molecule has 0 bridgehead atoms. The lowest BCUT2D eigenvalue weighted by Crippen LogP contribution is -2.14. The average molecular weight is 222 g/mol. The summed E-state index contributed by atoms with van der Waals surface area (Å²) in [6.07, 6.45) is 1.23. The lowest BCUT2D eigenvalue weighted by Gasteiger charge is -2.13. The number of hydrogen-bond acceptors (Lipinski definition) is 3. The quantitative estimate of drug-likeness (QED) is 0.803.